The summed E-state index contributed by atoms with van der Waals surface area (Å²) in [5.41, 5.74) is 0.878. The Balaban J connectivity index is 1.77. The van der Waals surface area contributed by atoms with E-state index in [1.54, 1.807) is 6.07 Å². The molecule has 5 nitrogen and oxygen atoms in total. The summed E-state index contributed by atoms with van der Waals surface area (Å²) in [6, 6.07) is 3.34. The molecule has 0 fully saturated rings. The highest BCUT2D eigenvalue weighted by molar-refractivity contribution is 5.09. The summed E-state index contributed by atoms with van der Waals surface area (Å²) in [5.74, 6) is 0.596. The minimum atomic E-state index is -0.302. The Hall–Kier alpha value is -1.82. The fourth-order valence-corrected chi connectivity index (χ4v) is 1.93. The highest BCUT2D eigenvalue weighted by atomic mass is 19.1. The summed E-state index contributed by atoms with van der Waals surface area (Å²) < 4.78 is 12.8. The first-order valence-electron chi connectivity index (χ1n) is 6.48. The summed E-state index contributed by atoms with van der Waals surface area (Å²) in [5, 5.41) is 10.1. The van der Waals surface area contributed by atoms with Gasteiger partial charge in [-0.15, -0.1) is 0 Å². The zero-order valence-electron chi connectivity index (χ0n) is 10.9. The molecule has 0 aliphatic heterocycles. The van der Waals surface area contributed by atoms with Gasteiger partial charge in [0.25, 0.3) is 0 Å². The molecule has 0 bridgehead atoms. The molecule has 2 N–H and O–H groups in total. The number of hydrogen-bond acceptors (Lipinski definition) is 4. The zero-order valence-corrected chi connectivity index (χ0v) is 10.9. The van der Waals surface area contributed by atoms with Crippen molar-refractivity contribution in [2.75, 3.05) is 6.54 Å². The lowest BCUT2D eigenvalue weighted by Crippen LogP contribution is -2.23. The van der Waals surface area contributed by atoms with E-state index in [1.807, 2.05) is 0 Å². The second kappa shape index (κ2) is 6.94. The number of H-pyrrole nitrogens is 1. The quantitative estimate of drug-likeness (QED) is 0.750. The average Bonchev–Trinajstić information content (AvgIpc) is 2.93. The number of hydrogen-bond donors (Lipinski definition) is 2. The molecule has 6 heteroatoms. The lowest BCUT2D eigenvalue weighted by atomic mass is 10.1. The molecule has 0 aromatic carbocycles. The van der Waals surface area contributed by atoms with Crippen molar-refractivity contribution in [2.45, 2.75) is 32.2 Å². The smallest absolute Gasteiger partial charge is 0.141 e. The minimum Gasteiger partial charge on any atom is -0.309 e. The standard InChI is InChI=1S/C13H18FN5/c1-2-11(12-6-5-10(14)8-16-12)15-7-3-4-13-17-9-18-19-13/h5-6,8-9,11,15H,2-4,7H2,1H3,(H,17,18,19). The van der Waals surface area contributed by atoms with Crippen LogP contribution in [0.3, 0.4) is 0 Å². The van der Waals surface area contributed by atoms with Crippen molar-refractivity contribution in [1.82, 2.24) is 25.5 Å². The van der Waals surface area contributed by atoms with Gasteiger partial charge in [-0.25, -0.2) is 9.37 Å². The molecule has 102 valence electrons. The van der Waals surface area contributed by atoms with E-state index in [2.05, 4.69) is 32.4 Å². The summed E-state index contributed by atoms with van der Waals surface area (Å²) in [7, 11) is 0. The minimum absolute atomic E-state index is 0.162. The van der Waals surface area contributed by atoms with Gasteiger partial charge in [0.1, 0.15) is 18.0 Å². The molecule has 0 amide bonds. The van der Waals surface area contributed by atoms with E-state index in [0.717, 1.165) is 37.3 Å². The Morgan fingerprint density at radius 2 is 2.26 bits per heavy atom. The zero-order chi connectivity index (χ0) is 13.5. The maximum Gasteiger partial charge on any atom is 0.141 e. The predicted octanol–water partition coefficient (Wildman–Crippen LogP) is 2.01. The molecule has 2 heterocycles. The van der Waals surface area contributed by atoms with Crippen molar-refractivity contribution in [3.05, 3.63) is 42.0 Å². The summed E-state index contributed by atoms with van der Waals surface area (Å²) in [4.78, 5) is 8.18. The van der Waals surface area contributed by atoms with Gasteiger partial charge in [0.2, 0.25) is 0 Å². The van der Waals surface area contributed by atoms with Crippen LogP contribution in [-0.4, -0.2) is 26.7 Å². The molecule has 0 aliphatic rings. The number of aryl methyl sites for hydroxylation is 1. The SMILES string of the molecule is CCC(NCCCc1ncn[nH]1)c1ccc(F)cn1. The van der Waals surface area contributed by atoms with E-state index in [-0.39, 0.29) is 11.9 Å². The van der Waals surface area contributed by atoms with E-state index >= 15 is 0 Å². The number of halogens is 1. The highest BCUT2D eigenvalue weighted by Crippen LogP contribution is 2.14. The van der Waals surface area contributed by atoms with Crippen LogP contribution < -0.4 is 5.32 Å². The topological polar surface area (TPSA) is 66.5 Å². The van der Waals surface area contributed by atoms with E-state index < -0.39 is 0 Å². The molecule has 0 spiro atoms. The van der Waals surface area contributed by atoms with Crippen LogP contribution in [0.4, 0.5) is 4.39 Å². The van der Waals surface area contributed by atoms with Crippen molar-refractivity contribution in [3.8, 4) is 0 Å². The Kier molecular flexibility index (Phi) is 4.97. The van der Waals surface area contributed by atoms with Gasteiger partial charge in [0.05, 0.1) is 11.9 Å². The Morgan fingerprint density at radius 3 is 2.89 bits per heavy atom. The average molecular weight is 263 g/mol. The molecule has 0 radical (unpaired) electrons. The Morgan fingerprint density at radius 1 is 1.37 bits per heavy atom. The van der Waals surface area contributed by atoms with Gasteiger partial charge in [0.15, 0.2) is 0 Å². The molecule has 0 saturated heterocycles. The van der Waals surface area contributed by atoms with Crippen LogP contribution >= 0.6 is 0 Å². The van der Waals surface area contributed by atoms with E-state index in [4.69, 9.17) is 0 Å². The van der Waals surface area contributed by atoms with E-state index in [0.29, 0.717) is 0 Å². The fourth-order valence-electron chi connectivity index (χ4n) is 1.93. The lowest BCUT2D eigenvalue weighted by molar-refractivity contribution is 0.495. The van der Waals surface area contributed by atoms with Crippen LogP contribution in [0.25, 0.3) is 0 Å². The van der Waals surface area contributed by atoms with Gasteiger partial charge >= 0.3 is 0 Å². The Labute approximate surface area is 111 Å². The molecule has 2 aromatic rings. The van der Waals surface area contributed by atoms with Crippen LogP contribution in [0, 0.1) is 5.82 Å². The number of aromatic nitrogens is 4. The van der Waals surface area contributed by atoms with E-state index in [1.165, 1.54) is 18.6 Å². The third-order valence-electron chi connectivity index (χ3n) is 2.96. The highest BCUT2D eigenvalue weighted by Gasteiger charge is 2.09. The van der Waals surface area contributed by atoms with Crippen molar-refractivity contribution in [3.63, 3.8) is 0 Å². The molecule has 0 aliphatic carbocycles. The van der Waals surface area contributed by atoms with Crippen LogP contribution in [-0.2, 0) is 6.42 Å². The molecule has 1 atom stereocenters. The molecule has 0 saturated carbocycles. The van der Waals surface area contributed by atoms with Gasteiger partial charge in [-0.05, 0) is 31.5 Å². The van der Waals surface area contributed by atoms with Crippen LogP contribution in [0.15, 0.2) is 24.7 Å². The fraction of sp³-hybridized carbons (Fsp3) is 0.462. The van der Waals surface area contributed by atoms with Crippen molar-refractivity contribution < 1.29 is 4.39 Å². The first-order valence-corrected chi connectivity index (χ1v) is 6.48. The van der Waals surface area contributed by atoms with Crippen LogP contribution in [0.5, 0.6) is 0 Å². The molecular formula is C13H18FN5. The van der Waals surface area contributed by atoms with Gasteiger partial charge in [-0.2, -0.15) is 5.10 Å². The largest absolute Gasteiger partial charge is 0.309 e. The van der Waals surface area contributed by atoms with Gasteiger partial charge in [-0.1, -0.05) is 6.92 Å². The first kappa shape index (κ1) is 13.6. The maximum atomic E-state index is 12.8. The van der Waals surface area contributed by atoms with Gasteiger partial charge in [-0.3, -0.25) is 10.1 Å². The monoisotopic (exact) mass is 263 g/mol. The second-order valence-electron chi connectivity index (χ2n) is 4.35. The third kappa shape index (κ3) is 4.10. The Bertz CT molecular complexity index is 468. The summed E-state index contributed by atoms with van der Waals surface area (Å²) in [6.07, 6.45) is 5.52. The molecular weight excluding hydrogens is 245 g/mol. The van der Waals surface area contributed by atoms with Crippen molar-refractivity contribution in [2.24, 2.45) is 0 Å². The third-order valence-corrected chi connectivity index (χ3v) is 2.96. The van der Waals surface area contributed by atoms with Gasteiger partial charge < -0.3 is 5.32 Å². The second-order valence-corrected chi connectivity index (χ2v) is 4.35. The number of nitrogens with zero attached hydrogens (tertiary/aromatic N) is 3. The lowest BCUT2D eigenvalue weighted by Gasteiger charge is -2.16. The normalized spacial score (nSPS) is 12.5. The number of nitrogens with one attached hydrogen (secondary N) is 2. The number of rotatable bonds is 7. The molecule has 1 unspecified atom stereocenters. The summed E-state index contributed by atoms with van der Waals surface area (Å²) >= 11 is 0. The number of pyridine rings is 1. The predicted molar refractivity (Wildman–Crippen MR) is 69.9 cm³/mol. The van der Waals surface area contributed by atoms with E-state index in [9.17, 15) is 4.39 Å². The summed E-state index contributed by atoms with van der Waals surface area (Å²) in [6.45, 7) is 2.94. The van der Waals surface area contributed by atoms with Crippen molar-refractivity contribution >= 4 is 0 Å². The van der Waals surface area contributed by atoms with Gasteiger partial charge in [0, 0.05) is 12.5 Å². The van der Waals surface area contributed by atoms with Crippen LogP contribution in [0.2, 0.25) is 0 Å². The maximum absolute atomic E-state index is 12.8. The van der Waals surface area contributed by atoms with Crippen molar-refractivity contribution in [1.29, 1.82) is 0 Å². The number of aromatic amines is 1. The molecule has 2 aromatic heterocycles. The molecule has 19 heavy (non-hydrogen) atoms. The first-order chi connectivity index (χ1) is 9.29. The molecule has 2 rings (SSSR count). The van der Waals surface area contributed by atoms with Crippen LogP contribution in [0.1, 0.15) is 37.3 Å².